The number of amides is 1. The summed E-state index contributed by atoms with van der Waals surface area (Å²) in [4.78, 5) is 30.5. The number of hydrogen-bond acceptors (Lipinski definition) is 4. The number of fused-ring (bicyclic) bond motifs is 1. The van der Waals surface area contributed by atoms with E-state index in [0.29, 0.717) is 40.2 Å². The van der Waals surface area contributed by atoms with Gasteiger partial charge in [0.2, 0.25) is 5.91 Å². The Hall–Kier alpha value is -2.25. The Morgan fingerprint density at radius 3 is 2.66 bits per heavy atom. The molecule has 0 saturated heterocycles. The molecule has 0 aliphatic carbocycles. The molecule has 0 atom stereocenters. The standard InChI is InChI=1S/C21H25ClN4O2S/c1-13(2)11-26-20(28)19-17(24-21(26)29-4)9-14(3)25(19)12-18(27)23-10-15-7-5-6-8-16(15)22/h5-9,13H,10-12H2,1-4H3,(H,23,27). The van der Waals surface area contributed by atoms with Crippen molar-refractivity contribution in [1.29, 1.82) is 0 Å². The summed E-state index contributed by atoms with van der Waals surface area (Å²) in [6.45, 7) is 6.98. The van der Waals surface area contributed by atoms with Crippen LogP contribution >= 0.6 is 23.4 Å². The van der Waals surface area contributed by atoms with Gasteiger partial charge in [-0.3, -0.25) is 14.2 Å². The maximum atomic E-state index is 13.2. The van der Waals surface area contributed by atoms with Crippen molar-refractivity contribution in [2.75, 3.05) is 6.26 Å². The van der Waals surface area contributed by atoms with Crippen molar-refractivity contribution in [2.45, 2.75) is 45.6 Å². The minimum absolute atomic E-state index is 0.0526. The summed E-state index contributed by atoms with van der Waals surface area (Å²) >= 11 is 7.60. The fourth-order valence-electron chi connectivity index (χ4n) is 3.27. The second-order valence-corrected chi connectivity index (χ2v) is 8.56. The molecule has 0 aliphatic rings. The zero-order valence-electron chi connectivity index (χ0n) is 17.0. The minimum atomic E-state index is -0.186. The third kappa shape index (κ3) is 4.67. The highest BCUT2D eigenvalue weighted by Gasteiger charge is 2.18. The Bertz CT molecular complexity index is 1100. The van der Waals surface area contributed by atoms with Gasteiger partial charge in [-0.05, 0) is 36.8 Å². The smallest absolute Gasteiger partial charge is 0.278 e. The van der Waals surface area contributed by atoms with Crippen LogP contribution in [0.1, 0.15) is 25.1 Å². The van der Waals surface area contributed by atoms with Gasteiger partial charge in [0.05, 0.1) is 5.52 Å². The van der Waals surface area contributed by atoms with Gasteiger partial charge in [-0.25, -0.2) is 4.98 Å². The normalized spacial score (nSPS) is 11.4. The van der Waals surface area contributed by atoms with Gasteiger partial charge >= 0.3 is 0 Å². The first-order chi connectivity index (χ1) is 13.8. The van der Waals surface area contributed by atoms with E-state index in [9.17, 15) is 9.59 Å². The molecule has 6 nitrogen and oxygen atoms in total. The van der Waals surface area contributed by atoms with Crippen LogP contribution in [0.25, 0.3) is 11.0 Å². The molecule has 0 aliphatic heterocycles. The van der Waals surface area contributed by atoms with Gasteiger partial charge in [0.15, 0.2) is 5.16 Å². The first kappa shape index (κ1) is 21.5. The van der Waals surface area contributed by atoms with Gasteiger partial charge < -0.3 is 9.88 Å². The SMILES string of the molecule is CSc1nc2cc(C)n(CC(=O)NCc3ccccc3Cl)c2c(=O)n1CC(C)C. The average Bonchev–Trinajstić information content (AvgIpc) is 2.98. The van der Waals surface area contributed by atoms with Crippen molar-refractivity contribution in [1.82, 2.24) is 19.4 Å². The topological polar surface area (TPSA) is 68.9 Å². The highest BCUT2D eigenvalue weighted by atomic mass is 35.5. The van der Waals surface area contributed by atoms with Crippen molar-refractivity contribution in [3.8, 4) is 0 Å². The molecule has 0 spiro atoms. The number of nitrogens with zero attached hydrogens (tertiary/aromatic N) is 3. The number of aromatic nitrogens is 3. The Morgan fingerprint density at radius 2 is 2.00 bits per heavy atom. The molecule has 1 amide bonds. The molecule has 0 fully saturated rings. The minimum Gasteiger partial charge on any atom is -0.350 e. The molecule has 2 aromatic heterocycles. The van der Waals surface area contributed by atoms with E-state index in [-0.39, 0.29) is 18.0 Å². The summed E-state index contributed by atoms with van der Waals surface area (Å²) in [7, 11) is 0. The molecular weight excluding hydrogens is 408 g/mol. The third-order valence-electron chi connectivity index (χ3n) is 4.64. The monoisotopic (exact) mass is 432 g/mol. The summed E-state index contributed by atoms with van der Waals surface area (Å²) < 4.78 is 3.45. The van der Waals surface area contributed by atoms with Crippen LogP contribution in [-0.2, 0) is 24.4 Å². The number of rotatable bonds is 7. The van der Waals surface area contributed by atoms with E-state index in [0.717, 1.165) is 11.3 Å². The molecule has 3 aromatic rings. The van der Waals surface area contributed by atoms with E-state index in [4.69, 9.17) is 11.6 Å². The Balaban J connectivity index is 1.90. The van der Waals surface area contributed by atoms with E-state index in [2.05, 4.69) is 24.1 Å². The van der Waals surface area contributed by atoms with Crippen LogP contribution in [-0.4, -0.2) is 26.3 Å². The van der Waals surface area contributed by atoms with E-state index in [1.54, 1.807) is 15.2 Å². The van der Waals surface area contributed by atoms with Gasteiger partial charge in [-0.2, -0.15) is 0 Å². The first-order valence-corrected chi connectivity index (χ1v) is 11.1. The van der Waals surface area contributed by atoms with Gasteiger partial charge in [-0.1, -0.05) is 55.4 Å². The molecule has 1 aromatic carbocycles. The van der Waals surface area contributed by atoms with Crippen LogP contribution in [0, 0.1) is 12.8 Å². The van der Waals surface area contributed by atoms with Crippen LogP contribution < -0.4 is 10.9 Å². The number of carbonyl (C=O) groups excluding carboxylic acids is 1. The lowest BCUT2D eigenvalue weighted by molar-refractivity contribution is -0.121. The van der Waals surface area contributed by atoms with Crippen LogP contribution in [0.5, 0.6) is 0 Å². The zero-order chi connectivity index (χ0) is 21.1. The first-order valence-electron chi connectivity index (χ1n) is 9.46. The third-order valence-corrected chi connectivity index (χ3v) is 5.69. The molecule has 0 saturated carbocycles. The number of carbonyl (C=O) groups is 1. The van der Waals surface area contributed by atoms with E-state index >= 15 is 0 Å². The molecule has 0 radical (unpaired) electrons. The van der Waals surface area contributed by atoms with Gasteiger partial charge in [-0.15, -0.1) is 0 Å². The fraction of sp³-hybridized carbons (Fsp3) is 0.381. The van der Waals surface area contributed by atoms with Crippen molar-refractivity contribution in [3.05, 3.63) is 57.0 Å². The molecule has 8 heteroatoms. The Morgan fingerprint density at radius 1 is 1.28 bits per heavy atom. The number of nitrogens with one attached hydrogen (secondary N) is 1. The molecule has 154 valence electrons. The summed E-state index contributed by atoms with van der Waals surface area (Å²) in [5, 5.41) is 4.18. The van der Waals surface area contributed by atoms with Crippen LogP contribution in [0.2, 0.25) is 5.02 Å². The highest BCUT2D eigenvalue weighted by molar-refractivity contribution is 7.98. The maximum Gasteiger partial charge on any atom is 0.278 e. The zero-order valence-corrected chi connectivity index (χ0v) is 18.6. The lowest BCUT2D eigenvalue weighted by atomic mass is 10.2. The Labute approximate surface area is 179 Å². The van der Waals surface area contributed by atoms with Gasteiger partial charge in [0.1, 0.15) is 12.1 Å². The quantitative estimate of drug-likeness (QED) is 0.454. The fourth-order valence-corrected chi connectivity index (χ4v) is 4.04. The lowest BCUT2D eigenvalue weighted by Crippen LogP contribution is -2.30. The molecular formula is C21H25ClN4O2S. The van der Waals surface area contributed by atoms with Crippen molar-refractivity contribution in [3.63, 3.8) is 0 Å². The average molecular weight is 433 g/mol. The molecule has 0 bridgehead atoms. The van der Waals surface area contributed by atoms with Crippen LogP contribution in [0.4, 0.5) is 0 Å². The number of halogens is 1. The molecule has 2 heterocycles. The summed E-state index contributed by atoms with van der Waals surface area (Å²) in [5.41, 5.74) is 2.65. The van der Waals surface area contributed by atoms with Crippen LogP contribution in [0.15, 0.2) is 40.3 Å². The molecule has 29 heavy (non-hydrogen) atoms. The number of benzene rings is 1. The number of hydrogen-bond donors (Lipinski definition) is 1. The summed E-state index contributed by atoms with van der Waals surface area (Å²) in [6.07, 6.45) is 1.91. The second kappa shape index (κ2) is 9.05. The van der Waals surface area contributed by atoms with Crippen molar-refractivity contribution < 1.29 is 4.79 Å². The van der Waals surface area contributed by atoms with E-state index in [1.165, 1.54) is 11.8 Å². The predicted octanol–water partition coefficient (Wildman–Crippen LogP) is 3.85. The number of aryl methyl sites for hydroxylation is 1. The van der Waals surface area contributed by atoms with Gasteiger partial charge in [0.25, 0.3) is 5.56 Å². The summed E-state index contributed by atoms with van der Waals surface area (Å²) in [6, 6.07) is 9.25. The highest BCUT2D eigenvalue weighted by Crippen LogP contribution is 2.20. The van der Waals surface area contributed by atoms with E-state index < -0.39 is 0 Å². The van der Waals surface area contributed by atoms with Gasteiger partial charge in [0, 0.05) is 23.8 Å². The van der Waals surface area contributed by atoms with Crippen molar-refractivity contribution in [2.24, 2.45) is 5.92 Å². The Kier molecular flexibility index (Phi) is 6.70. The second-order valence-electron chi connectivity index (χ2n) is 7.38. The molecule has 3 rings (SSSR count). The summed E-state index contributed by atoms with van der Waals surface area (Å²) in [5.74, 6) is 0.121. The number of thioether (sulfide) groups is 1. The van der Waals surface area contributed by atoms with E-state index in [1.807, 2.05) is 37.4 Å². The molecule has 1 N–H and O–H groups in total. The largest absolute Gasteiger partial charge is 0.350 e. The lowest BCUT2D eigenvalue weighted by Gasteiger charge is -2.14. The predicted molar refractivity (Wildman–Crippen MR) is 119 cm³/mol. The van der Waals surface area contributed by atoms with Crippen molar-refractivity contribution >= 4 is 40.3 Å². The maximum absolute atomic E-state index is 13.2. The molecule has 0 unspecified atom stereocenters. The van der Waals surface area contributed by atoms with Crippen LogP contribution in [0.3, 0.4) is 0 Å².